The van der Waals surface area contributed by atoms with E-state index in [2.05, 4.69) is 15.3 Å². The summed E-state index contributed by atoms with van der Waals surface area (Å²) in [5.74, 6) is -0.494. The second-order valence-corrected chi connectivity index (χ2v) is 4.06. The fourth-order valence-corrected chi connectivity index (χ4v) is 1.68. The van der Waals surface area contributed by atoms with Crippen LogP contribution >= 0.6 is 0 Å². The van der Waals surface area contributed by atoms with Gasteiger partial charge in [0.1, 0.15) is 17.4 Å². The molecule has 0 aliphatic rings. The Labute approximate surface area is 109 Å². The van der Waals surface area contributed by atoms with Crippen molar-refractivity contribution < 1.29 is 14.3 Å². The molecule has 2 aromatic rings. The highest BCUT2D eigenvalue weighted by molar-refractivity contribution is 5.96. The maximum absolute atomic E-state index is 12.8. The summed E-state index contributed by atoms with van der Waals surface area (Å²) < 4.78 is 12.8. The number of aryl methyl sites for hydroxylation is 1. The third-order valence-corrected chi connectivity index (χ3v) is 2.64. The third-order valence-electron chi connectivity index (χ3n) is 2.64. The monoisotopic (exact) mass is 263 g/mol. The lowest BCUT2D eigenvalue weighted by Crippen LogP contribution is -2.25. The maximum Gasteiger partial charge on any atom is 0.255 e. The fraction of sp³-hybridized carbons (Fsp3) is 0.231. The first-order valence-corrected chi connectivity index (χ1v) is 5.92. The van der Waals surface area contributed by atoms with Gasteiger partial charge in [-0.2, -0.15) is 0 Å². The molecule has 0 unspecified atom stereocenters. The molecule has 0 saturated heterocycles. The molecular weight excluding hydrogens is 249 g/mol. The highest BCUT2D eigenvalue weighted by atomic mass is 19.1. The molecule has 6 heteroatoms. The molecule has 100 valence electrons. The molecule has 0 fully saturated rings. The van der Waals surface area contributed by atoms with Gasteiger partial charge in [0.25, 0.3) is 5.91 Å². The first-order chi connectivity index (χ1) is 9.16. The highest BCUT2D eigenvalue weighted by Gasteiger charge is 2.10. The van der Waals surface area contributed by atoms with E-state index in [0.29, 0.717) is 6.54 Å². The predicted molar refractivity (Wildman–Crippen MR) is 67.3 cm³/mol. The van der Waals surface area contributed by atoms with Crippen LogP contribution in [0.15, 0.2) is 30.6 Å². The number of imidazole rings is 1. The number of nitrogens with one attached hydrogen (secondary N) is 2. The Kier molecular flexibility index (Phi) is 4.12. The molecule has 2 rings (SSSR count). The molecule has 1 aromatic heterocycles. The second kappa shape index (κ2) is 5.99. The van der Waals surface area contributed by atoms with Crippen LogP contribution in [0.3, 0.4) is 0 Å². The number of carbonyl (C=O) groups excluding carboxylic acids is 1. The summed E-state index contributed by atoms with van der Waals surface area (Å²) in [6.45, 7) is 0.455. The minimum absolute atomic E-state index is 0.0689. The summed E-state index contributed by atoms with van der Waals surface area (Å²) in [7, 11) is 0. The van der Waals surface area contributed by atoms with Crippen LogP contribution in [0.4, 0.5) is 4.39 Å². The number of nitrogens with zero attached hydrogens (tertiary/aromatic N) is 1. The number of aromatic amines is 1. The molecule has 3 N–H and O–H groups in total. The maximum atomic E-state index is 12.8. The average Bonchev–Trinajstić information content (AvgIpc) is 2.87. The van der Waals surface area contributed by atoms with Crippen LogP contribution in [0.1, 0.15) is 22.6 Å². The van der Waals surface area contributed by atoms with E-state index < -0.39 is 11.7 Å². The van der Waals surface area contributed by atoms with Gasteiger partial charge in [0.15, 0.2) is 0 Å². The van der Waals surface area contributed by atoms with Crippen LogP contribution in [0.2, 0.25) is 0 Å². The number of carbonyl (C=O) groups is 1. The zero-order chi connectivity index (χ0) is 13.7. The summed E-state index contributed by atoms with van der Waals surface area (Å²) in [4.78, 5) is 18.8. The summed E-state index contributed by atoms with van der Waals surface area (Å²) in [6.07, 6.45) is 4.86. The minimum atomic E-state index is -0.577. The van der Waals surface area contributed by atoms with E-state index in [1.54, 1.807) is 12.4 Å². The predicted octanol–water partition coefficient (Wildman–Crippen LogP) is 1.62. The van der Waals surface area contributed by atoms with Crippen molar-refractivity contribution >= 4 is 5.91 Å². The number of rotatable bonds is 5. The zero-order valence-corrected chi connectivity index (χ0v) is 10.2. The number of phenols is 1. The van der Waals surface area contributed by atoms with E-state index in [-0.39, 0.29) is 11.3 Å². The van der Waals surface area contributed by atoms with Gasteiger partial charge in [-0.25, -0.2) is 9.37 Å². The van der Waals surface area contributed by atoms with E-state index >= 15 is 0 Å². The molecule has 5 nitrogen and oxygen atoms in total. The van der Waals surface area contributed by atoms with Crippen LogP contribution in [0.25, 0.3) is 0 Å². The molecule has 1 heterocycles. The van der Waals surface area contributed by atoms with Gasteiger partial charge in [-0.05, 0) is 18.6 Å². The first kappa shape index (κ1) is 13.1. The molecular formula is C13H14FN3O2. The Bertz CT molecular complexity index is 555. The average molecular weight is 263 g/mol. The van der Waals surface area contributed by atoms with Crippen molar-refractivity contribution in [2.45, 2.75) is 12.8 Å². The van der Waals surface area contributed by atoms with Crippen molar-refractivity contribution in [2.24, 2.45) is 0 Å². The molecule has 0 aliphatic heterocycles. The van der Waals surface area contributed by atoms with Crippen molar-refractivity contribution in [2.75, 3.05) is 6.54 Å². The van der Waals surface area contributed by atoms with Gasteiger partial charge < -0.3 is 15.4 Å². The van der Waals surface area contributed by atoms with E-state index in [1.165, 1.54) is 6.07 Å². The van der Waals surface area contributed by atoms with Gasteiger partial charge in [-0.3, -0.25) is 4.79 Å². The topological polar surface area (TPSA) is 78.0 Å². The second-order valence-electron chi connectivity index (χ2n) is 4.06. The van der Waals surface area contributed by atoms with Gasteiger partial charge in [0.2, 0.25) is 0 Å². The standard InChI is InChI=1S/C13H14FN3O2/c14-9-3-4-10(11(18)8-9)13(19)17-5-1-2-12-15-6-7-16-12/h3-4,6-8,18H,1-2,5H2,(H,15,16)(H,17,19). The van der Waals surface area contributed by atoms with Crippen LogP contribution in [0.5, 0.6) is 5.75 Å². The van der Waals surface area contributed by atoms with E-state index in [9.17, 15) is 14.3 Å². The third kappa shape index (κ3) is 3.54. The van der Waals surface area contributed by atoms with Crippen LogP contribution in [-0.2, 0) is 6.42 Å². The summed E-state index contributed by atoms with van der Waals surface area (Å²) >= 11 is 0. The van der Waals surface area contributed by atoms with E-state index in [1.807, 2.05) is 0 Å². The van der Waals surface area contributed by atoms with Crippen molar-refractivity contribution in [1.82, 2.24) is 15.3 Å². The number of aromatic hydroxyl groups is 1. The Morgan fingerprint density at radius 3 is 3.00 bits per heavy atom. The molecule has 0 aliphatic carbocycles. The number of halogens is 1. The molecule has 19 heavy (non-hydrogen) atoms. The van der Waals surface area contributed by atoms with Crippen molar-refractivity contribution in [3.63, 3.8) is 0 Å². The lowest BCUT2D eigenvalue weighted by atomic mass is 10.2. The Morgan fingerprint density at radius 1 is 1.47 bits per heavy atom. The smallest absolute Gasteiger partial charge is 0.255 e. The van der Waals surface area contributed by atoms with Gasteiger partial charge in [0.05, 0.1) is 5.56 Å². The molecule has 0 atom stereocenters. The van der Waals surface area contributed by atoms with E-state index in [0.717, 1.165) is 30.8 Å². The van der Waals surface area contributed by atoms with Crippen LogP contribution in [-0.4, -0.2) is 27.5 Å². The van der Waals surface area contributed by atoms with Crippen LogP contribution < -0.4 is 5.32 Å². The molecule has 0 radical (unpaired) electrons. The lowest BCUT2D eigenvalue weighted by molar-refractivity contribution is 0.0950. The fourth-order valence-electron chi connectivity index (χ4n) is 1.68. The molecule has 0 saturated carbocycles. The van der Waals surface area contributed by atoms with Gasteiger partial charge in [-0.1, -0.05) is 0 Å². The Hall–Kier alpha value is -2.37. The number of aromatic nitrogens is 2. The van der Waals surface area contributed by atoms with Crippen molar-refractivity contribution in [3.8, 4) is 5.75 Å². The van der Waals surface area contributed by atoms with Crippen molar-refractivity contribution in [1.29, 1.82) is 0 Å². The summed E-state index contributed by atoms with van der Waals surface area (Å²) in [6, 6.07) is 3.31. The Morgan fingerprint density at radius 2 is 2.32 bits per heavy atom. The van der Waals surface area contributed by atoms with Gasteiger partial charge >= 0.3 is 0 Å². The minimum Gasteiger partial charge on any atom is -0.507 e. The lowest BCUT2D eigenvalue weighted by Gasteiger charge is -2.06. The summed E-state index contributed by atoms with van der Waals surface area (Å²) in [5, 5.41) is 12.1. The molecule has 0 spiro atoms. The highest BCUT2D eigenvalue weighted by Crippen LogP contribution is 2.17. The molecule has 1 aromatic carbocycles. The number of benzene rings is 1. The number of phenolic OH excluding ortho intramolecular Hbond substituents is 1. The molecule has 0 bridgehead atoms. The normalized spacial score (nSPS) is 10.4. The Balaban J connectivity index is 1.81. The van der Waals surface area contributed by atoms with E-state index in [4.69, 9.17) is 0 Å². The number of hydrogen-bond donors (Lipinski definition) is 3. The van der Waals surface area contributed by atoms with Crippen molar-refractivity contribution in [3.05, 3.63) is 47.8 Å². The number of H-pyrrole nitrogens is 1. The quantitative estimate of drug-likeness (QED) is 0.717. The van der Waals surface area contributed by atoms with Crippen LogP contribution in [0, 0.1) is 5.82 Å². The summed E-state index contributed by atoms with van der Waals surface area (Å²) in [5.41, 5.74) is 0.0689. The van der Waals surface area contributed by atoms with Gasteiger partial charge in [-0.15, -0.1) is 0 Å². The number of hydrogen-bond acceptors (Lipinski definition) is 3. The first-order valence-electron chi connectivity index (χ1n) is 5.92. The molecule has 1 amide bonds. The number of amides is 1. The SMILES string of the molecule is O=C(NCCCc1ncc[nH]1)c1ccc(F)cc1O. The van der Waals surface area contributed by atoms with Gasteiger partial charge in [0, 0.05) is 31.4 Å². The zero-order valence-electron chi connectivity index (χ0n) is 10.2. The largest absolute Gasteiger partial charge is 0.507 e.